The van der Waals surface area contributed by atoms with Gasteiger partial charge in [0.15, 0.2) is 0 Å². The van der Waals surface area contributed by atoms with E-state index in [-0.39, 0.29) is 0 Å². The van der Waals surface area contributed by atoms with Crippen molar-refractivity contribution in [2.24, 2.45) is 0 Å². The molecule has 0 bridgehead atoms. The molecule has 0 amide bonds. The molecule has 2 heteroatoms. The van der Waals surface area contributed by atoms with Gasteiger partial charge in [-0.15, -0.1) is 0 Å². The van der Waals surface area contributed by atoms with Crippen LogP contribution in [0.3, 0.4) is 0 Å². The van der Waals surface area contributed by atoms with E-state index in [0.717, 1.165) is 0 Å². The van der Waals surface area contributed by atoms with Gasteiger partial charge in [-0.3, -0.25) is 0 Å². The Kier molecular flexibility index (Phi) is 4.53. The van der Waals surface area contributed by atoms with E-state index >= 15 is 0 Å². The Labute approximate surface area is 73.4 Å². The molecule has 1 rings (SSSR count). The number of hydrogen-bond acceptors (Lipinski definition) is 1. The summed E-state index contributed by atoms with van der Waals surface area (Å²) in [6, 6.07) is 0. The molecule has 10 heavy (non-hydrogen) atoms. The summed E-state index contributed by atoms with van der Waals surface area (Å²) in [7, 11) is 0. The van der Waals surface area contributed by atoms with E-state index in [1.807, 2.05) is 0 Å². The van der Waals surface area contributed by atoms with Crippen LogP contribution in [0.1, 0.15) is 25.7 Å². The maximum atomic E-state index is 2.60. The molecule has 0 aromatic carbocycles. The van der Waals surface area contributed by atoms with Gasteiger partial charge in [-0.1, -0.05) is 0 Å². The zero-order valence-corrected chi connectivity index (χ0v) is 7.10. The predicted molar refractivity (Wildman–Crippen MR) is 45.5 cm³/mol. The summed E-state index contributed by atoms with van der Waals surface area (Å²) in [6.45, 7) is 4.07. The van der Waals surface area contributed by atoms with Crippen LogP contribution in [0.5, 0.6) is 0 Å². The van der Waals surface area contributed by atoms with Gasteiger partial charge in [0.1, 0.15) is 0 Å². The summed E-state index contributed by atoms with van der Waals surface area (Å²) >= 11 is 2.27. The van der Waals surface area contributed by atoms with E-state index in [2.05, 4.69) is 22.6 Å². The molecule has 0 N–H and O–H groups in total. The molecule has 0 aromatic heterocycles. The summed E-state index contributed by atoms with van der Waals surface area (Å²) in [5, 5.41) is 1.34. The van der Waals surface area contributed by atoms with Crippen LogP contribution < -0.4 is 0 Å². The van der Waals surface area contributed by atoms with E-state index in [4.69, 9.17) is 0 Å². The summed E-state index contributed by atoms with van der Waals surface area (Å²) < 4.78 is 0. The van der Waals surface area contributed by atoms with Crippen LogP contribution in [-0.2, 0) is 0 Å². The fraction of sp³-hybridized carbons (Fsp3) is 1.00. The van der Waals surface area contributed by atoms with Gasteiger partial charge in [-0.05, 0) is 0 Å². The summed E-state index contributed by atoms with van der Waals surface area (Å²) in [4.78, 5) is 2.60. The maximum absolute atomic E-state index is 2.60. The first kappa shape index (κ1) is 8.65. The average Bonchev–Trinajstić information content (AvgIpc) is 2.03. The summed E-state index contributed by atoms with van der Waals surface area (Å²) in [5.74, 6) is 0. The van der Waals surface area contributed by atoms with Gasteiger partial charge in [-0.25, -0.2) is 0 Å². The zero-order chi connectivity index (χ0) is 7.23. The van der Waals surface area contributed by atoms with Crippen LogP contribution in [-0.4, -0.2) is 42.2 Å². The molecule has 1 aliphatic rings. The second kappa shape index (κ2) is 5.24. The molecule has 0 aliphatic carbocycles. The Morgan fingerprint density at radius 2 is 1.80 bits per heavy atom. The second-order valence-corrected chi connectivity index (χ2v) is 3.26. The predicted octanol–water partition coefficient (Wildman–Crippen LogP) is 1.45. The third-order valence-electron chi connectivity index (χ3n) is 2.28. The van der Waals surface area contributed by atoms with Crippen molar-refractivity contribution in [3.63, 3.8) is 0 Å². The van der Waals surface area contributed by atoms with Crippen molar-refractivity contribution in [3.8, 4) is 0 Å². The van der Waals surface area contributed by atoms with Crippen LogP contribution >= 0.6 is 0 Å². The number of rotatable bonds is 3. The van der Waals surface area contributed by atoms with E-state index in [1.54, 1.807) is 0 Å². The monoisotopic (exact) mass is 133 g/mol. The van der Waals surface area contributed by atoms with E-state index in [0.29, 0.717) is 0 Å². The molecular formula is C8H16LiN. The van der Waals surface area contributed by atoms with Crippen molar-refractivity contribution in [1.29, 1.82) is 0 Å². The zero-order valence-electron chi connectivity index (χ0n) is 7.10. The van der Waals surface area contributed by atoms with Gasteiger partial charge in [0.05, 0.1) is 0 Å². The molecule has 0 atom stereocenters. The van der Waals surface area contributed by atoms with Crippen LogP contribution in [0.25, 0.3) is 0 Å². The Balaban J connectivity index is 2.02. The molecule has 0 spiro atoms. The first-order valence-corrected chi connectivity index (χ1v) is 4.66. The molecule has 1 aliphatic heterocycles. The topological polar surface area (TPSA) is 3.24 Å². The standard InChI is InChI=1S/C8H16N.Li/c1-2-6-9-7-4-3-5-8-9;/h1-8H2;. The normalized spacial score (nSPS) is 21.4. The third kappa shape index (κ3) is 3.10. The van der Waals surface area contributed by atoms with Crippen molar-refractivity contribution >= 4 is 17.7 Å². The Bertz CT molecular complexity index is 79.3. The van der Waals surface area contributed by atoms with E-state index < -0.39 is 0 Å². The molecule has 0 aromatic rings. The van der Waals surface area contributed by atoms with Gasteiger partial charge in [0.2, 0.25) is 0 Å². The quantitative estimate of drug-likeness (QED) is 0.527. The Morgan fingerprint density at radius 1 is 1.10 bits per heavy atom. The minimum atomic E-state index is 1.34. The first-order valence-electron chi connectivity index (χ1n) is 4.66. The molecule has 1 fully saturated rings. The van der Waals surface area contributed by atoms with Crippen molar-refractivity contribution in [3.05, 3.63) is 0 Å². The van der Waals surface area contributed by atoms with Gasteiger partial charge >= 0.3 is 73.0 Å². The first-order chi connectivity index (χ1) is 4.93. The number of piperidine rings is 1. The van der Waals surface area contributed by atoms with Crippen molar-refractivity contribution in [2.75, 3.05) is 19.6 Å². The number of likely N-dealkylation sites (tertiary alicyclic amines) is 1. The van der Waals surface area contributed by atoms with Crippen molar-refractivity contribution in [1.82, 2.24) is 4.90 Å². The van der Waals surface area contributed by atoms with Gasteiger partial charge in [0, 0.05) is 0 Å². The molecule has 1 saturated heterocycles. The molecule has 1 nitrogen and oxygen atoms in total. The van der Waals surface area contributed by atoms with E-state index in [9.17, 15) is 0 Å². The van der Waals surface area contributed by atoms with Gasteiger partial charge < -0.3 is 0 Å². The molecule has 0 unspecified atom stereocenters. The van der Waals surface area contributed by atoms with Crippen molar-refractivity contribution < 1.29 is 0 Å². The average molecular weight is 133 g/mol. The van der Waals surface area contributed by atoms with Crippen LogP contribution in [0.15, 0.2) is 0 Å². The molecule has 1 heterocycles. The summed E-state index contributed by atoms with van der Waals surface area (Å²) in [5.41, 5.74) is 0. The SMILES string of the molecule is [Li][CH2]CCN1CCCCC1. The van der Waals surface area contributed by atoms with Gasteiger partial charge in [-0.2, -0.15) is 0 Å². The molecular weight excluding hydrogens is 117 g/mol. The fourth-order valence-corrected chi connectivity index (χ4v) is 1.56. The van der Waals surface area contributed by atoms with Crippen LogP contribution in [0.4, 0.5) is 0 Å². The number of hydrogen-bond donors (Lipinski definition) is 0. The Hall–Kier alpha value is 0.557. The fourth-order valence-electron chi connectivity index (χ4n) is 1.56. The molecule has 0 saturated carbocycles. The van der Waals surface area contributed by atoms with Crippen LogP contribution in [0.2, 0.25) is 5.09 Å². The third-order valence-corrected chi connectivity index (χ3v) is 2.28. The van der Waals surface area contributed by atoms with Crippen molar-refractivity contribution in [2.45, 2.75) is 30.8 Å². The minimum absolute atomic E-state index is 1.34. The molecule has 54 valence electrons. The second-order valence-electron chi connectivity index (χ2n) is 3.26. The summed E-state index contributed by atoms with van der Waals surface area (Å²) in [6.07, 6.45) is 5.72. The van der Waals surface area contributed by atoms with E-state index in [1.165, 1.54) is 50.4 Å². The van der Waals surface area contributed by atoms with Gasteiger partial charge in [0.25, 0.3) is 0 Å². The number of nitrogens with zero attached hydrogens (tertiary/aromatic N) is 1. The Morgan fingerprint density at radius 3 is 2.40 bits per heavy atom. The van der Waals surface area contributed by atoms with Crippen LogP contribution in [0, 0.1) is 0 Å². The molecule has 0 radical (unpaired) electrons.